The Hall–Kier alpha value is -1.91. The first-order valence-electron chi connectivity index (χ1n) is 8.17. The number of nitrogens with one attached hydrogen (secondary N) is 1. The minimum absolute atomic E-state index is 0.0818. The first kappa shape index (κ1) is 17.9. The zero-order chi connectivity index (χ0) is 18.0. The summed E-state index contributed by atoms with van der Waals surface area (Å²) >= 11 is 12.3. The molecule has 0 aliphatic carbocycles. The third-order valence-electron chi connectivity index (χ3n) is 3.97. The number of anilines is 1. The highest BCUT2D eigenvalue weighted by molar-refractivity contribution is 6.36. The Labute approximate surface area is 157 Å². The Morgan fingerprint density at radius 3 is 2.72 bits per heavy atom. The summed E-state index contributed by atoms with van der Waals surface area (Å²) in [6, 6.07) is 8.92. The molecule has 3 rings (SSSR count). The fourth-order valence-corrected chi connectivity index (χ4v) is 3.40. The van der Waals surface area contributed by atoms with Crippen LogP contribution in [0.25, 0.3) is 0 Å². The van der Waals surface area contributed by atoms with Gasteiger partial charge in [-0.05, 0) is 37.6 Å². The van der Waals surface area contributed by atoms with Gasteiger partial charge in [0.2, 0.25) is 5.91 Å². The van der Waals surface area contributed by atoms with E-state index in [1.807, 2.05) is 26.0 Å². The van der Waals surface area contributed by atoms with Gasteiger partial charge in [0.15, 0.2) is 0 Å². The molecule has 0 bridgehead atoms. The standard InChI is InChI=1S/C19H19Cl2NO3/c1-3-24-18-8-12-7-11(2)25-17(12)10-16(18)22-19(23)9-13-14(20)5-4-6-15(13)21/h4-6,8,10-11H,3,7,9H2,1-2H3,(H,22,23). The highest BCUT2D eigenvalue weighted by atomic mass is 35.5. The molecule has 1 aliphatic rings. The van der Waals surface area contributed by atoms with Crippen molar-refractivity contribution in [3.05, 3.63) is 51.5 Å². The van der Waals surface area contributed by atoms with Crippen molar-refractivity contribution in [1.29, 1.82) is 0 Å². The number of fused-ring (bicyclic) bond motifs is 1. The molecule has 1 aliphatic heterocycles. The molecule has 1 unspecified atom stereocenters. The summed E-state index contributed by atoms with van der Waals surface area (Å²) < 4.78 is 11.4. The maximum Gasteiger partial charge on any atom is 0.229 e. The van der Waals surface area contributed by atoms with Gasteiger partial charge >= 0.3 is 0 Å². The SMILES string of the molecule is CCOc1cc2c(cc1NC(=O)Cc1c(Cl)cccc1Cl)OC(C)C2. The lowest BCUT2D eigenvalue weighted by atomic mass is 10.1. The van der Waals surface area contributed by atoms with E-state index in [4.69, 9.17) is 32.7 Å². The summed E-state index contributed by atoms with van der Waals surface area (Å²) in [6.45, 7) is 4.42. The lowest BCUT2D eigenvalue weighted by molar-refractivity contribution is -0.115. The van der Waals surface area contributed by atoms with E-state index < -0.39 is 0 Å². The van der Waals surface area contributed by atoms with Gasteiger partial charge in [-0.15, -0.1) is 0 Å². The highest BCUT2D eigenvalue weighted by Crippen LogP contribution is 2.38. The van der Waals surface area contributed by atoms with E-state index in [1.165, 1.54) is 0 Å². The molecule has 1 N–H and O–H groups in total. The first-order valence-corrected chi connectivity index (χ1v) is 8.92. The van der Waals surface area contributed by atoms with Crippen LogP contribution in [0.5, 0.6) is 11.5 Å². The van der Waals surface area contributed by atoms with Crippen molar-refractivity contribution in [3.63, 3.8) is 0 Å². The average molecular weight is 380 g/mol. The van der Waals surface area contributed by atoms with E-state index >= 15 is 0 Å². The third-order valence-corrected chi connectivity index (χ3v) is 4.68. The molecule has 25 heavy (non-hydrogen) atoms. The van der Waals surface area contributed by atoms with E-state index in [0.717, 1.165) is 17.7 Å². The van der Waals surface area contributed by atoms with Gasteiger partial charge in [-0.1, -0.05) is 29.3 Å². The van der Waals surface area contributed by atoms with E-state index in [0.29, 0.717) is 33.7 Å². The van der Waals surface area contributed by atoms with Gasteiger partial charge in [-0.3, -0.25) is 4.79 Å². The molecule has 6 heteroatoms. The minimum atomic E-state index is -0.220. The Kier molecular flexibility index (Phi) is 5.40. The number of amides is 1. The van der Waals surface area contributed by atoms with E-state index in [1.54, 1.807) is 18.2 Å². The van der Waals surface area contributed by atoms with Crippen LogP contribution in [0.4, 0.5) is 5.69 Å². The third kappa shape index (κ3) is 4.02. The van der Waals surface area contributed by atoms with Crippen LogP contribution in [0.3, 0.4) is 0 Å². The highest BCUT2D eigenvalue weighted by Gasteiger charge is 2.23. The molecular weight excluding hydrogens is 361 g/mol. The van der Waals surface area contributed by atoms with Crippen molar-refractivity contribution in [2.75, 3.05) is 11.9 Å². The predicted molar refractivity (Wildman–Crippen MR) is 100 cm³/mol. The molecule has 0 fully saturated rings. The largest absolute Gasteiger partial charge is 0.492 e. The molecule has 0 aromatic heterocycles. The van der Waals surface area contributed by atoms with E-state index in [2.05, 4.69) is 5.32 Å². The number of benzene rings is 2. The van der Waals surface area contributed by atoms with Crippen molar-refractivity contribution in [2.24, 2.45) is 0 Å². The van der Waals surface area contributed by atoms with Gasteiger partial charge in [0, 0.05) is 28.1 Å². The van der Waals surface area contributed by atoms with Gasteiger partial charge in [0.25, 0.3) is 0 Å². The summed E-state index contributed by atoms with van der Waals surface area (Å²) in [7, 11) is 0. The Morgan fingerprint density at radius 2 is 2.04 bits per heavy atom. The maximum atomic E-state index is 12.5. The fourth-order valence-electron chi connectivity index (χ4n) is 2.87. The van der Waals surface area contributed by atoms with Gasteiger partial charge < -0.3 is 14.8 Å². The molecule has 0 spiro atoms. The van der Waals surface area contributed by atoms with Crippen LogP contribution < -0.4 is 14.8 Å². The lowest BCUT2D eigenvalue weighted by Gasteiger charge is -2.14. The second-order valence-corrected chi connectivity index (χ2v) is 6.76. The molecule has 132 valence electrons. The molecule has 2 aromatic rings. The zero-order valence-corrected chi connectivity index (χ0v) is 15.6. The molecule has 2 aromatic carbocycles. The van der Waals surface area contributed by atoms with Crippen LogP contribution in [0, 0.1) is 0 Å². The second kappa shape index (κ2) is 7.54. The van der Waals surface area contributed by atoms with Crippen LogP contribution in [-0.2, 0) is 17.6 Å². The van der Waals surface area contributed by atoms with Gasteiger partial charge in [-0.25, -0.2) is 0 Å². The topological polar surface area (TPSA) is 47.6 Å². The molecular formula is C19H19Cl2NO3. The molecule has 0 radical (unpaired) electrons. The number of carbonyl (C=O) groups excluding carboxylic acids is 1. The Morgan fingerprint density at radius 1 is 1.32 bits per heavy atom. The molecule has 0 saturated carbocycles. The van der Waals surface area contributed by atoms with Gasteiger partial charge in [0.1, 0.15) is 17.6 Å². The Bertz CT molecular complexity index is 787. The van der Waals surface area contributed by atoms with Gasteiger partial charge in [-0.2, -0.15) is 0 Å². The average Bonchev–Trinajstić information content (AvgIpc) is 2.90. The molecule has 1 amide bonds. The summed E-state index contributed by atoms with van der Waals surface area (Å²) in [5.41, 5.74) is 2.28. The maximum absolute atomic E-state index is 12.5. The Balaban J connectivity index is 1.82. The summed E-state index contributed by atoms with van der Waals surface area (Å²) in [5, 5.41) is 3.82. The summed E-state index contributed by atoms with van der Waals surface area (Å²) in [6.07, 6.45) is 1.04. The smallest absolute Gasteiger partial charge is 0.229 e. The van der Waals surface area contributed by atoms with E-state index in [-0.39, 0.29) is 18.4 Å². The number of ether oxygens (including phenoxy) is 2. The van der Waals surface area contributed by atoms with Crippen LogP contribution >= 0.6 is 23.2 Å². The first-order chi connectivity index (χ1) is 12.0. The van der Waals surface area contributed by atoms with Crippen molar-refractivity contribution >= 4 is 34.8 Å². The number of hydrogen-bond acceptors (Lipinski definition) is 3. The van der Waals surface area contributed by atoms with Crippen molar-refractivity contribution in [1.82, 2.24) is 0 Å². The predicted octanol–water partition coefficient (Wildman–Crippen LogP) is 4.90. The zero-order valence-electron chi connectivity index (χ0n) is 14.1. The molecule has 0 saturated heterocycles. The van der Waals surface area contributed by atoms with Crippen LogP contribution in [0.2, 0.25) is 10.0 Å². The van der Waals surface area contributed by atoms with Crippen LogP contribution in [-0.4, -0.2) is 18.6 Å². The normalized spacial score (nSPS) is 15.4. The van der Waals surface area contributed by atoms with Crippen LogP contribution in [0.15, 0.2) is 30.3 Å². The molecule has 4 nitrogen and oxygen atoms in total. The quantitative estimate of drug-likeness (QED) is 0.803. The number of carbonyl (C=O) groups is 1. The lowest BCUT2D eigenvalue weighted by Crippen LogP contribution is -2.16. The van der Waals surface area contributed by atoms with Gasteiger partial charge in [0.05, 0.1) is 18.7 Å². The monoisotopic (exact) mass is 379 g/mol. The number of rotatable bonds is 5. The van der Waals surface area contributed by atoms with Crippen molar-refractivity contribution in [2.45, 2.75) is 32.8 Å². The van der Waals surface area contributed by atoms with E-state index in [9.17, 15) is 4.79 Å². The molecule has 1 heterocycles. The minimum Gasteiger partial charge on any atom is -0.492 e. The van der Waals surface area contributed by atoms with Crippen molar-refractivity contribution < 1.29 is 14.3 Å². The fraction of sp³-hybridized carbons (Fsp3) is 0.316. The molecule has 1 atom stereocenters. The second-order valence-electron chi connectivity index (χ2n) is 5.95. The summed E-state index contributed by atoms with van der Waals surface area (Å²) in [5.74, 6) is 1.20. The van der Waals surface area contributed by atoms with Crippen molar-refractivity contribution in [3.8, 4) is 11.5 Å². The summed E-state index contributed by atoms with van der Waals surface area (Å²) in [4.78, 5) is 12.5. The van der Waals surface area contributed by atoms with Crippen LogP contribution in [0.1, 0.15) is 25.0 Å². The number of hydrogen-bond donors (Lipinski definition) is 1. The number of halogens is 2.